The Morgan fingerprint density at radius 3 is 2.54 bits per heavy atom. The third kappa shape index (κ3) is 5.54. The molecular formula is C18H16FN3O2. The van der Waals surface area contributed by atoms with Crippen molar-refractivity contribution in [1.82, 2.24) is 5.32 Å². The van der Waals surface area contributed by atoms with E-state index in [0.29, 0.717) is 11.3 Å². The summed E-state index contributed by atoms with van der Waals surface area (Å²) in [6.07, 6.45) is -0.120. The number of carbonyl (C=O) groups excluding carboxylic acids is 2. The monoisotopic (exact) mass is 325 g/mol. The van der Waals surface area contributed by atoms with Crippen molar-refractivity contribution < 1.29 is 14.0 Å². The van der Waals surface area contributed by atoms with Gasteiger partial charge in [0.1, 0.15) is 12.2 Å². The molecule has 2 N–H and O–H groups in total. The maximum Gasteiger partial charge on any atom is 0.234 e. The number of benzene rings is 2. The summed E-state index contributed by atoms with van der Waals surface area (Å²) in [7, 11) is 0. The van der Waals surface area contributed by atoms with Crippen molar-refractivity contribution in [2.45, 2.75) is 19.4 Å². The van der Waals surface area contributed by atoms with E-state index in [1.54, 1.807) is 42.5 Å². The summed E-state index contributed by atoms with van der Waals surface area (Å²) in [5.41, 5.74) is 1.97. The Morgan fingerprint density at radius 1 is 1.04 bits per heavy atom. The molecule has 5 nitrogen and oxygen atoms in total. The van der Waals surface area contributed by atoms with Gasteiger partial charge in [0.15, 0.2) is 0 Å². The van der Waals surface area contributed by atoms with Crippen LogP contribution in [0.5, 0.6) is 0 Å². The number of nitriles is 1. The van der Waals surface area contributed by atoms with Crippen LogP contribution in [-0.2, 0) is 22.6 Å². The van der Waals surface area contributed by atoms with E-state index in [9.17, 15) is 14.0 Å². The first kappa shape index (κ1) is 17.2. The molecule has 0 bridgehead atoms. The summed E-state index contributed by atoms with van der Waals surface area (Å²) < 4.78 is 13.1. The lowest BCUT2D eigenvalue weighted by Crippen LogP contribution is -2.22. The molecule has 2 rings (SSSR count). The van der Waals surface area contributed by atoms with Gasteiger partial charge in [0.25, 0.3) is 0 Å². The Hall–Kier alpha value is -3.20. The van der Waals surface area contributed by atoms with Gasteiger partial charge < -0.3 is 10.6 Å². The highest BCUT2D eigenvalue weighted by molar-refractivity contribution is 5.92. The molecule has 0 fully saturated rings. The van der Waals surface area contributed by atoms with Gasteiger partial charge in [-0.1, -0.05) is 24.3 Å². The number of hydrogen-bond acceptors (Lipinski definition) is 3. The van der Waals surface area contributed by atoms with Crippen molar-refractivity contribution in [2.75, 3.05) is 5.32 Å². The summed E-state index contributed by atoms with van der Waals surface area (Å²) >= 11 is 0. The molecule has 24 heavy (non-hydrogen) atoms. The molecule has 0 aliphatic heterocycles. The van der Waals surface area contributed by atoms with E-state index < -0.39 is 0 Å². The predicted molar refractivity (Wildman–Crippen MR) is 87.3 cm³/mol. The van der Waals surface area contributed by atoms with E-state index >= 15 is 0 Å². The van der Waals surface area contributed by atoms with Crippen LogP contribution in [0.1, 0.15) is 17.5 Å². The van der Waals surface area contributed by atoms with Gasteiger partial charge in [-0.3, -0.25) is 9.59 Å². The second-order valence-electron chi connectivity index (χ2n) is 5.17. The van der Waals surface area contributed by atoms with Crippen LogP contribution in [0, 0.1) is 17.1 Å². The van der Waals surface area contributed by atoms with Gasteiger partial charge in [-0.15, -0.1) is 0 Å². The first-order valence-corrected chi connectivity index (χ1v) is 7.33. The van der Waals surface area contributed by atoms with E-state index in [0.717, 1.165) is 5.56 Å². The van der Waals surface area contributed by atoms with Crippen molar-refractivity contribution in [3.8, 4) is 6.07 Å². The summed E-state index contributed by atoms with van der Waals surface area (Å²) in [5, 5.41) is 13.8. The lowest BCUT2D eigenvalue weighted by atomic mass is 10.1. The molecule has 0 saturated carbocycles. The fourth-order valence-electron chi connectivity index (χ4n) is 2.13. The van der Waals surface area contributed by atoms with Crippen LogP contribution in [0.2, 0.25) is 0 Å². The minimum absolute atomic E-state index is 0.0703. The predicted octanol–water partition coefficient (Wildman–Crippen LogP) is 2.54. The number of halogens is 1. The van der Waals surface area contributed by atoms with Gasteiger partial charge in [0.05, 0.1) is 12.5 Å². The number of hydrogen-bond donors (Lipinski definition) is 2. The smallest absolute Gasteiger partial charge is 0.234 e. The van der Waals surface area contributed by atoms with Crippen LogP contribution in [0.4, 0.5) is 10.1 Å². The highest BCUT2D eigenvalue weighted by atomic mass is 19.1. The second-order valence-corrected chi connectivity index (χ2v) is 5.17. The highest BCUT2D eigenvalue weighted by Gasteiger charge is 2.06. The first-order chi connectivity index (χ1) is 11.6. The van der Waals surface area contributed by atoms with E-state index in [2.05, 4.69) is 10.6 Å². The summed E-state index contributed by atoms with van der Waals surface area (Å²) in [5.74, 6) is -0.986. The fraction of sp³-hybridized carbons (Fsp3) is 0.167. The van der Waals surface area contributed by atoms with Gasteiger partial charge in [-0.05, 0) is 35.4 Å². The molecule has 2 aromatic rings. The van der Waals surface area contributed by atoms with Crippen LogP contribution in [0.25, 0.3) is 0 Å². The third-order valence-electron chi connectivity index (χ3n) is 3.19. The highest BCUT2D eigenvalue weighted by Crippen LogP contribution is 2.12. The van der Waals surface area contributed by atoms with E-state index in [-0.39, 0.29) is 37.0 Å². The van der Waals surface area contributed by atoms with Crippen LogP contribution in [0.3, 0.4) is 0 Å². The Labute approximate surface area is 139 Å². The zero-order chi connectivity index (χ0) is 17.4. The molecule has 122 valence electrons. The Bertz CT molecular complexity index is 784. The van der Waals surface area contributed by atoms with Crippen LogP contribution in [0.15, 0.2) is 48.5 Å². The van der Waals surface area contributed by atoms with Gasteiger partial charge >= 0.3 is 0 Å². The van der Waals surface area contributed by atoms with Crippen LogP contribution in [-0.4, -0.2) is 11.8 Å². The van der Waals surface area contributed by atoms with Crippen molar-refractivity contribution >= 4 is 17.5 Å². The van der Waals surface area contributed by atoms with Gasteiger partial charge in [0, 0.05) is 12.2 Å². The lowest BCUT2D eigenvalue weighted by Gasteiger charge is -2.08. The molecule has 0 aromatic heterocycles. The third-order valence-corrected chi connectivity index (χ3v) is 3.19. The number of anilines is 1. The van der Waals surface area contributed by atoms with E-state index in [1.807, 2.05) is 0 Å². The molecule has 0 aliphatic carbocycles. The second kappa shape index (κ2) is 8.44. The molecular weight excluding hydrogens is 309 g/mol. The standard InChI is InChI=1S/C18H16FN3O2/c19-15-5-1-3-13(9-15)11-18(24)22-16-6-2-4-14(10-16)12-21-17(23)7-8-20/h1-6,9-10H,7,11-12H2,(H,21,23)(H,22,24). The molecule has 2 aromatic carbocycles. The normalized spacial score (nSPS) is 9.83. The molecule has 2 amide bonds. The Morgan fingerprint density at radius 2 is 1.79 bits per heavy atom. The number of amides is 2. The summed E-state index contributed by atoms with van der Waals surface area (Å²) in [6.45, 7) is 0.272. The summed E-state index contributed by atoms with van der Waals surface area (Å²) in [6, 6.07) is 14.7. The quantitative estimate of drug-likeness (QED) is 0.856. The van der Waals surface area contributed by atoms with Crippen molar-refractivity contribution in [2.24, 2.45) is 0 Å². The first-order valence-electron chi connectivity index (χ1n) is 7.33. The average Bonchev–Trinajstić information content (AvgIpc) is 2.53. The molecule has 0 unspecified atom stereocenters. The largest absolute Gasteiger partial charge is 0.351 e. The minimum Gasteiger partial charge on any atom is -0.351 e. The van der Waals surface area contributed by atoms with Gasteiger partial charge in [-0.2, -0.15) is 5.26 Å². The summed E-state index contributed by atoms with van der Waals surface area (Å²) in [4.78, 5) is 23.3. The minimum atomic E-state index is -0.379. The van der Waals surface area contributed by atoms with Crippen LogP contribution >= 0.6 is 0 Å². The number of nitrogens with zero attached hydrogens (tertiary/aromatic N) is 1. The molecule has 0 radical (unpaired) electrons. The van der Waals surface area contributed by atoms with E-state index in [4.69, 9.17) is 5.26 Å². The van der Waals surface area contributed by atoms with Crippen LogP contribution < -0.4 is 10.6 Å². The van der Waals surface area contributed by atoms with Crippen molar-refractivity contribution in [3.05, 3.63) is 65.5 Å². The molecule has 0 atom stereocenters. The number of carbonyl (C=O) groups is 2. The van der Waals surface area contributed by atoms with Gasteiger partial charge in [0.2, 0.25) is 11.8 Å². The molecule has 0 heterocycles. The maximum absolute atomic E-state index is 13.1. The molecule has 0 aliphatic rings. The number of nitrogens with one attached hydrogen (secondary N) is 2. The lowest BCUT2D eigenvalue weighted by molar-refractivity contribution is -0.120. The fourth-order valence-corrected chi connectivity index (χ4v) is 2.13. The van der Waals surface area contributed by atoms with Crippen molar-refractivity contribution in [1.29, 1.82) is 5.26 Å². The topological polar surface area (TPSA) is 82.0 Å². The Kier molecular flexibility index (Phi) is 6.03. The zero-order valence-corrected chi connectivity index (χ0v) is 12.9. The van der Waals surface area contributed by atoms with E-state index in [1.165, 1.54) is 12.1 Å². The van der Waals surface area contributed by atoms with Crippen molar-refractivity contribution in [3.63, 3.8) is 0 Å². The molecule has 0 saturated heterocycles. The maximum atomic E-state index is 13.1. The average molecular weight is 325 g/mol. The molecule has 6 heteroatoms. The van der Waals surface area contributed by atoms with Gasteiger partial charge in [-0.25, -0.2) is 4.39 Å². The SMILES string of the molecule is N#CCC(=O)NCc1cccc(NC(=O)Cc2cccc(F)c2)c1. The molecule has 0 spiro atoms. The zero-order valence-electron chi connectivity index (χ0n) is 12.9. The number of rotatable bonds is 6. The Balaban J connectivity index is 1.92.